The Morgan fingerprint density at radius 2 is 1.73 bits per heavy atom. The molecule has 0 bridgehead atoms. The molecule has 0 saturated carbocycles. The van der Waals surface area contributed by atoms with Crippen LogP contribution in [0, 0.1) is 0 Å². The van der Waals surface area contributed by atoms with Gasteiger partial charge < -0.3 is 14.8 Å². The van der Waals surface area contributed by atoms with E-state index in [-0.39, 0.29) is 11.9 Å². The van der Waals surface area contributed by atoms with E-state index >= 15 is 0 Å². The molecule has 1 amide bonds. The third-order valence-corrected chi connectivity index (χ3v) is 3.16. The van der Waals surface area contributed by atoms with Gasteiger partial charge in [-0.15, -0.1) is 0 Å². The van der Waals surface area contributed by atoms with Crippen LogP contribution < -0.4 is 10.1 Å². The van der Waals surface area contributed by atoms with Gasteiger partial charge in [0.15, 0.2) is 0 Å². The van der Waals surface area contributed by atoms with Crippen LogP contribution in [-0.2, 0) is 11.3 Å². The molecule has 5 heteroatoms. The Hall–Kier alpha value is -2.82. The van der Waals surface area contributed by atoms with E-state index in [1.165, 1.54) is 7.11 Å². The van der Waals surface area contributed by atoms with Gasteiger partial charge in [-0.05, 0) is 35.9 Å². The van der Waals surface area contributed by atoms with Gasteiger partial charge in [-0.25, -0.2) is 4.79 Å². The lowest BCUT2D eigenvalue weighted by Crippen LogP contribution is -2.22. The maximum atomic E-state index is 12.1. The Kier molecular flexibility index (Phi) is 5.14. The van der Waals surface area contributed by atoms with Crippen LogP contribution in [0.25, 0.3) is 0 Å². The number of rotatable bonds is 5. The van der Waals surface area contributed by atoms with Gasteiger partial charge in [0.1, 0.15) is 5.75 Å². The first kappa shape index (κ1) is 15.6. The average molecular weight is 299 g/mol. The predicted molar refractivity (Wildman–Crippen MR) is 81.9 cm³/mol. The van der Waals surface area contributed by atoms with Crippen molar-refractivity contribution in [2.75, 3.05) is 14.2 Å². The lowest BCUT2D eigenvalue weighted by atomic mass is 10.1. The zero-order chi connectivity index (χ0) is 15.9. The van der Waals surface area contributed by atoms with Crippen molar-refractivity contribution in [3.05, 3.63) is 65.2 Å². The highest BCUT2D eigenvalue weighted by molar-refractivity contribution is 5.94. The third-order valence-electron chi connectivity index (χ3n) is 3.16. The Labute approximate surface area is 128 Å². The molecule has 5 nitrogen and oxygen atoms in total. The highest BCUT2D eigenvalue weighted by Gasteiger charge is 2.07. The zero-order valence-corrected chi connectivity index (χ0v) is 12.5. The summed E-state index contributed by atoms with van der Waals surface area (Å²) in [5.74, 6) is 0.0676. The number of amides is 1. The summed E-state index contributed by atoms with van der Waals surface area (Å²) < 4.78 is 9.72. The molecule has 0 aliphatic carbocycles. The molecule has 0 saturated heterocycles. The number of ether oxygens (including phenoxy) is 2. The molecular formula is C17H17NO4. The summed E-state index contributed by atoms with van der Waals surface area (Å²) in [6.45, 7) is 0.373. The molecule has 2 aromatic rings. The van der Waals surface area contributed by atoms with Gasteiger partial charge in [0.25, 0.3) is 5.91 Å². The van der Waals surface area contributed by atoms with Crippen molar-refractivity contribution in [2.24, 2.45) is 0 Å². The Morgan fingerprint density at radius 3 is 2.36 bits per heavy atom. The van der Waals surface area contributed by atoms with Gasteiger partial charge in [-0.3, -0.25) is 4.79 Å². The summed E-state index contributed by atoms with van der Waals surface area (Å²) >= 11 is 0. The van der Waals surface area contributed by atoms with Crippen LogP contribution in [0.2, 0.25) is 0 Å². The number of esters is 1. The number of carbonyl (C=O) groups is 2. The Balaban J connectivity index is 1.97. The fraction of sp³-hybridized carbons (Fsp3) is 0.176. The maximum Gasteiger partial charge on any atom is 0.337 e. The van der Waals surface area contributed by atoms with Gasteiger partial charge in [-0.2, -0.15) is 0 Å². The van der Waals surface area contributed by atoms with E-state index in [1.807, 2.05) is 0 Å². The Bertz CT molecular complexity index is 665. The standard InChI is InChI=1S/C17H17NO4/c1-21-15-5-3-4-14(10-15)16(19)18-11-12-6-8-13(9-7-12)17(20)22-2/h3-10H,11H2,1-2H3,(H,18,19). The monoisotopic (exact) mass is 299 g/mol. The fourth-order valence-corrected chi connectivity index (χ4v) is 1.93. The van der Waals surface area contributed by atoms with Crippen LogP contribution in [0.4, 0.5) is 0 Å². The highest BCUT2D eigenvalue weighted by atomic mass is 16.5. The van der Waals surface area contributed by atoms with E-state index < -0.39 is 0 Å². The van der Waals surface area contributed by atoms with Gasteiger partial charge in [0, 0.05) is 12.1 Å². The molecule has 1 N–H and O–H groups in total. The van der Waals surface area contributed by atoms with Crippen LogP contribution in [0.1, 0.15) is 26.3 Å². The van der Waals surface area contributed by atoms with E-state index in [4.69, 9.17) is 4.74 Å². The molecule has 0 unspecified atom stereocenters. The summed E-state index contributed by atoms with van der Waals surface area (Å²) in [5.41, 5.74) is 1.90. The van der Waals surface area contributed by atoms with Crippen LogP contribution in [0.15, 0.2) is 48.5 Å². The topological polar surface area (TPSA) is 64.6 Å². The first-order valence-electron chi connectivity index (χ1n) is 6.73. The van der Waals surface area contributed by atoms with Crippen LogP contribution in [0.3, 0.4) is 0 Å². The summed E-state index contributed by atoms with van der Waals surface area (Å²) in [6.07, 6.45) is 0. The average Bonchev–Trinajstić information content (AvgIpc) is 2.59. The molecule has 0 aliphatic heterocycles. The summed E-state index contributed by atoms with van der Waals surface area (Å²) in [4.78, 5) is 23.4. The molecular weight excluding hydrogens is 282 g/mol. The van der Waals surface area contributed by atoms with Gasteiger partial charge in [0.2, 0.25) is 0 Å². The summed E-state index contributed by atoms with van der Waals surface area (Å²) in [6, 6.07) is 13.8. The first-order chi connectivity index (χ1) is 10.6. The minimum absolute atomic E-state index is 0.184. The molecule has 2 rings (SSSR count). The molecule has 22 heavy (non-hydrogen) atoms. The van der Waals surface area contributed by atoms with Gasteiger partial charge in [0.05, 0.1) is 19.8 Å². The molecule has 0 atom stereocenters. The first-order valence-corrected chi connectivity index (χ1v) is 6.73. The SMILES string of the molecule is COC(=O)c1ccc(CNC(=O)c2cccc(OC)c2)cc1. The molecule has 114 valence electrons. The number of hydrogen-bond acceptors (Lipinski definition) is 4. The van der Waals surface area contributed by atoms with Crippen molar-refractivity contribution in [1.82, 2.24) is 5.32 Å². The molecule has 2 aromatic carbocycles. The lowest BCUT2D eigenvalue weighted by molar-refractivity contribution is 0.0600. The fourth-order valence-electron chi connectivity index (χ4n) is 1.93. The second-order valence-electron chi connectivity index (χ2n) is 4.60. The highest BCUT2D eigenvalue weighted by Crippen LogP contribution is 2.12. The Morgan fingerprint density at radius 1 is 1.00 bits per heavy atom. The number of nitrogens with one attached hydrogen (secondary N) is 1. The number of carbonyl (C=O) groups excluding carboxylic acids is 2. The van der Waals surface area contributed by atoms with Crippen molar-refractivity contribution in [3.8, 4) is 5.75 Å². The van der Waals surface area contributed by atoms with Crippen molar-refractivity contribution in [3.63, 3.8) is 0 Å². The van der Waals surface area contributed by atoms with Crippen LogP contribution in [0.5, 0.6) is 5.75 Å². The smallest absolute Gasteiger partial charge is 0.337 e. The predicted octanol–water partition coefficient (Wildman–Crippen LogP) is 2.41. The van der Waals surface area contributed by atoms with Crippen molar-refractivity contribution in [2.45, 2.75) is 6.54 Å². The molecule has 0 radical (unpaired) electrons. The van der Waals surface area contributed by atoms with E-state index in [9.17, 15) is 9.59 Å². The zero-order valence-electron chi connectivity index (χ0n) is 12.5. The van der Waals surface area contributed by atoms with Crippen molar-refractivity contribution >= 4 is 11.9 Å². The number of benzene rings is 2. The maximum absolute atomic E-state index is 12.1. The number of methoxy groups -OCH3 is 2. The quantitative estimate of drug-likeness (QED) is 0.861. The van der Waals surface area contributed by atoms with E-state index in [1.54, 1.807) is 55.6 Å². The molecule has 0 aliphatic rings. The van der Waals surface area contributed by atoms with Gasteiger partial charge >= 0.3 is 5.97 Å². The molecule has 0 aromatic heterocycles. The third kappa shape index (κ3) is 3.85. The van der Waals surface area contributed by atoms with E-state index in [2.05, 4.69) is 10.1 Å². The normalized spacial score (nSPS) is 9.91. The summed E-state index contributed by atoms with van der Waals surface area (Å²) in [5, 5.41) is 2.82. The van der Waals surface area contributed by atoms with E-state index in [0.717, 1.165) is 5.56 Å². The number of hydrogen-bond donors (Lipinski definition) is 1. The van der Waals surface area contributed by atoms with Crippen molar-refractivity contribution < 1.29 is 19.1 Å². The minimum Gasteiger partial charge on any atom is -0.497 e. The van der Waals surface area contributed by atoms with Crippen LogP contribution >= 0.6 is 0 Å². The minimum atomic E-state index is -0.382. The summed E-state index contributed by atoms with van der Waals surface area (Å²) in [7, 11) is 2.89. The molecule has 0 fully saturated rings. The molecule has 0 heterocycles. The lowest BCUT2D eigenvalue weighted by Gasteiger charge is -2.07. The van der Waals surface area contributed by atoms with Gasteiger partial charge in [-0.1, -0.05) is 18.2 Å². The second-order valence-corrected chi connectivity index (χ2v) is 4.60. The molecule has 0 spiro atoms. The van der Waals surface area contributed by atoms with Crippen molar-refractivity contribution in [1.29, 1.82) is 0 Å². The second kappa shape index (κ2) is 7.26. The largest absolute Gasteiger partial charge is 0.497 e. The van der Waals surface area contributed by atoms with E-state index in [0.29, 0.717) is 23.4 Å². The van der Waals surface area contributed by atoms with Crippen LogP contribution in [-0.4, -0.2) is 26.1 Å².